The average Bonchev–Trinajstić information content (AvgIpc) is 3.02. The lowest BCUT2D eigenvalue weighted by Gasteiger charge is -2.15. The number of anilines is 1. The highest BCUT2D eigenvalue weighted by Gasteiger charge is 2.36. The van der Waals surface area contributed by atoms with Crippen molar-refractivity contribution >= 4 is 40.6 Å². The monoisotopic (exact) mass is 440 g/mol. The molecule has 1 fully saturated rings. The summed E-state index contributed by atoms with van der Waals surface area (Å²) in [5.74, 6) is 0.123. The molecule has 31 heavy (non-hydrogen) atoms. The van der Waals surface area contributed by atoms with E-state index < -0.39 is 17.1 Å². The molecule has 0 bridgehead atoms. The average molecular weight is 441 g/mol. The number of carbonyl (C=O) groups is 3. The summed E-state index contributed by atoms with van der Waals surface area (Å²) in [4.78, 5) is 38.8. The van der Waals surface area contributed by atoms with Crippen molar-refractivity contribution in [2.75, 3.05) is 19.0 Å². The van der Waals surface area contributed by atoms with Crippen LogP contribution in [-0.2, 0) is 9.59 Å². The Balaban J connectivity index is 1.73. The molecule has 0 aromatic heterocycles. The molecular weight excluding hydrogens is 416 g/mol. The summed E-state index contributed by atoms with van der Waals surface area (Å²) in [5.41, 5.74) is 1.17. The second-order valence-electron chi connectivity index (χ2n) is 6.89. The number of rotatable bonds is 8. The topological polar surface area (TPSA) is 84.9 Å². The third kappa shape index (κ3) is 5.46. The number of imide groups is 1. The Morgan fingerprint density at radius 3 is 2.52 bits per heavy atom. The normalized spacial score (nSPS) is 15.8. The van der Waals surface area contributed by atoms with Crippen LogP contribution in [0.1, 0.15) is 25.8 Å². The first-order valence-electron chi connectivity index (χ1n) is 9.86. The SMILES string of the molecule is CC[C@@H](C)Oc1ccccc1/C=C1/SC(=O)N(CC(=O)Nc2ccccc2OC)C1=O. The fourth-order valence-corrected chi connectivity index (χ4v) is 3.70. The molecule has 1 aliphatic rings. The van der Waals surface area contributed by atoms with Crippen molar-refractivity contribution in [2.24, 2.45) is 0 Å². The molecule has 7 nitrogen and oxygen atoms in total. The molecule has 1 aliphatic heterocycles. The van der Waals surface area contributed by atoms with Crippen LogP contribution in [0.25, 0.3) is 6.08 Å². The van der Waals surface area contributed by atoms with Crippen molar-refractivity contribution in [3.8, 4) is 11.5 Å². The maximum Gasteiger partial charge on any atom is 0.294 e. The van der Waals surface area contributed by atoms with Crippen LogP contribution < -0.4 is 14.8 Å². The molecular formula is C23H24N2O5S. The lowest BCUT2D eigenvalue weighted by molar-refractivity contribution is -0.127. The predicted octanol–water partition coefficient (Wildman–Crippen LogP) is 4.55. The van der Waals surface area contributed by atoms with Gasteiger partial charge in [0.15, 0.2) is 0 Å². The van der Waals surface area contributed by atoms with Gasteiger partial charge in [-0.05, 0) is 49.4 Å². The number of methoxy groups -OCH3 is 1. The maximum atomic E-state index is 12.8. The summed E-state index contributed by atoms with van der Waals surface area (Å²) >= 11 is 0.804. The molecule has 0 aliphatic carbocycles. The molecule has 0 radical (unpaired) electrons. The third-order valence-corrected chi connectivity index (χ3v) is 5.57. The number of benzene rings is 2. The number of carbonyl (C=O) groups excluding carboxylic acids is 3. The minimum Gasteiger partial charge on any atom is -0.495 e. The van der Waals surface area contributed by atoms with Crippen molar-refractivity contribution < 1.29 is 23.9 Å². The quantitative estimate of drug-likeness (QED) is 0.607. The van der Waals surface area contributed by atoms with Crippen LogP contribution in [0.2, 0.25) is 0 Å². The smallest absolute Gasteiger partial charge is 0.294 e. The Morgan fingerprint density at radius 1 is 1.13 bits per heavy atom. The fourth-order valence-electron chi connectivity index (χ4n) is 2.87. The van der Waals surface area contributed by atoms with E-state index in [9.17, 15) is 14.4 Å². The molecule has 8 heteroatoms. The molecule has 1 N–H and O–H groups in total. The molecule has 1 heterocycles. The number of nitrogens with zero attached hydrogens (tertiary/aromatic N) is 1. The van der Waals surface area contributed by atoms with Gasteiger partial charge in [-0.15, -0.1) is 0 Å². The van der Waals surface area contributed by atoms with Crippen LogP contribution in [0, 0.1) is 0 Å². The summed E-state index contributed by atoms with van der Waals surface area (Å²) in [5, 5.41) is 2.18. The van der Waals surface area contributed by atoms with E-state index in [2.05, 4.69) is 5.32 Å². The highest BCUT2D eigenvalue weighted by Crippen LogP contribution is 2.34. The van der Waals surface area contributed by atoms with Crippen LogP contribution in [0.3, 0.4) is 0 Å². The highest BCUT2D eigenvalue weighted by molar-refractivity contribution is 8.18. The van der Waals surface area contributed by atoms with Gasteiger partial charge in [-0.3, -0.25) is 19.3 Å². The predicted molar refractivity (Wildman–Crippen MR) is 121 cm³/mol. The number of amides is 3. The number of ether oxygens (including phenoxy) is 2. The number of para-hydroxylation sites is 3. The molecule has 3 amide bonds. The van der Waals surface area contributed by atoms with Crippen LogP contribution in [0.5, 0.6) is 11.5 Å². The van der Waals surface area contributed by atoms with Crippen molar-refractivity contribution in [3.05, 3.63) is 59.0 Å². The van der Waals surface area contributed by atoms with Crippen LogP contribution in [-0.4, -0.2) is 41.7 Å². The van der Waals surface area contributed by atoms with E-state index in [0.717, 1.165) is 23.1 Å². The number of thioether (sulfide) groups is 1. The van der Waals surface area contributed by atoms with Crippen molar-refractivity contribution in [1.29, 1.82) is 0 Å². The van der Waals surface area contributed by atoms with Crippen molar-refractivity contribution in [2.45, 2.75) is 26.4 Å². The summed E-state index contributed by atoms with van der Waals surface area (Å²) in [6.07, 6.45) is 2.48. The Labute approximate surface area is 185 Å². The van der Waals surface area contributed by atoms with E-state index in [-0.39, 0.29) is 17.6 Å². The zero-order valence-electron chi connectivity index (χ0n) is 17.6. The summed E-state index contributed by atoms with van der Waals surface area (Å²) in [6, 6.07) is 14.2. The molecule has 3 rings (SSSR count). The molecule has 1 saturated heterocycles. The van der Waals surface area contributed by atoms with Gasteiger partial charge in [0.1, 0.15) is 18.0 Å². The van der Waals surface area contributed by atoms with Gasteiger partial charge in [0.2, 0.25) is 5.91 Å². The molecule has 1 atom stereocenters. The summed E-state index contributed by atoms with van der Waals surface area (Å²) < 4.78 is 11.1. The summed E-state index contributed by atoms with van der Waals surface area (Å²) in [7, 11) is 1.50. The molecule has 2 aromatic rings. The van der Waals surface area contributed by atoms with Gasteiger partial charge in [0.05, 0.1) is 23.8 Å². The number of hydrogen-bond acceptors (Lipinski definition) is 6. The minimum absolute atomic E-state index is 0.0169. The van der Waals surface area contributed by atoms with Gasteiger partial charge in [0.25, 0.3) is 11.1 Å². The van der Waals surface area contributed by atoms with E-state index in [1.807, 2.05) is 38.1 Å². The summed E-state index contributed by atoms with van der Waals surface area (Å²) in [6.45, 7) is 3.60. The maximum absolute atomic E-state index is 12.8. The number of nitrogens with one attached hydrogen (secondary N) is 1. The van der Waals surface area contributed by atoms with Gasteiger partial charge in [-0.25, -0.2) is 0 Å². The molecule has 2 aromatic carbocycles. The lowest BCUT2D eigenvalue weighted by Crippen LogP contribution is -2.36. The van der Waals surface area contributed by atoms with E-state index in [0.29, 0.717) is 22.7 Å². The second kappa shape index (κ2) is 10.2. The number of hydrogen-bond donors (Lipinski definition) is 1. The van der Waals surface area contributed by atoms with Gasteiger partial charge in [-0.1, -0.05) is 37.3 Å². The fraction of sp³-hybridized carbons (Fsp3) is 0.261. The van der Waals surface area contributed by atoms with E-state index in [4.69, 9.17) is 9.47 Å². The second-order valence-corrected chi connectivity index (χ2v) is 7.88. The van der Waals surface area contributed by atoms with Crippen molar-refractivity contribution in [1.82, 2.24) is 4.90 Å². The van der Waals surface area contributed by atoms with Gasteiger partial charge < -0.3 is 14.8 Å². The zero-order valence-corrected chi connectivity index (χ0v) is 18.4. The van der Waals surface area contributed by atoms with Crippen LogP contribution in [0.15, 0.2) is 53.4 Å². The Bertz CT molecular complexity index is 1020. The first-order valence-corrected chi connectivity index (χ1v) is 10.7. The van der Waals surface area contributed by atoms with Gasteiger partial charge in [0, 0.05) is 5.56 Å². The van der Waals surface area contributed by atoms with Crippen molar-refractivity contribution in [3.63, 3.8) is 0 Å². The van der Waals surface area contributed by atoms with Crippen LogP contribution >= 0.6 is 11.8 Å². The van der Waals surface area contributed by atoms with Gasteiger partial charge in [-0.2, -0.15) is 0 Å². The largest absolute Gasteiger partial charge is 0.495 e. The Kier molecular flexibility index (Phi) is 7.36. The molecule has 0 spiro atoms. The Morgan fingerprint density at radius 2 is 1.81 bits per heavy atom. The lowest BCUT2D eigenvalue weighted by atomic mass is 10.1. The molecule has 0 unspecified atom stereocenters. The van der Waals surface area contributed by atoms with E-state index in [1.165, 1.54) is 7.11 Å². The third-order valence-electron chi connectivity index (χ3n) is 4.67. The first kappa shape index (κ1) is 22.4. The molecule has 162 valence electrons. The van der Waals surface area contributed by atoms with Crippen LogP contribution in [0.4, 0.5) is 10.5 Å². The zero-order chi connectivity index (χ0) is 22.4. The minimum atomic E-state index is -0.511. The standard InChI is InChI=1S/C23H24N2O5S/c1-4-15(2)30-18-11-7-5-9-16(18)13-20-22(27)25(23(28)31-20)14-21(26)24-17-10-6-8-12-19(17)29-3/h5-13,15H,4,14H2,1-3H3,(H,24,26)/b20-13+/t15-/m1/s1. The first-order chi connectivity index (χ1) is 14.9. The van der Waals surface area contributed by atoms with E-state index in [1.54, 1.807) is 30.3 Å². The highest BCUT2D eigenvalue weighted by atomic mass is 32.2. The Hall–Kier alpha value is -3.26. The van der Waals surface area contributed by atoms with E-state index >= 15 is 0 Å². The molecule has 0 saturated carbocycles. The van der Waals surface area contributed by atoms with Gasteiger partial charge >= 0.3 is 0 Å².